The molecular formula is C31H26FN5O. The molecule has 0 amide bonds. The summed E-state index contributed by atoms with van der Waals surface area (Å²) in [6, 6.07) is 21.1. The number of benzene rings is 1. The van der Waals surface area contributed by atoms with Gasteiger partial charge in [-0.3, -0.25) is 4.79 Å². The molecule has 188 valence electrons. The Balaban J connectivity index is 0.000000181. The molecule has 7 heteroatoms. The Morgan fingerprint density at radius 1 is 0.842 bits per heavy atom. The topological polar surface area (TPSA) is 65.6 Å². The van der Waals surface area contributed by atoms with Crippen molar-refractivity contribution in [3.05, 3.63) is 125 Å². The summed E-state index contributed by atoms with van der Waals surface area (Å²) < 4.78 is 16.8. The van der Waals surface area contributed by atoms with Gasteiger partial charge in [-0.15, -0.1) is 0 Å². The van der Waals surface area contributed by atoms with Crippen molar-refractivity contribution in [2.24, 2.45) is 7.05 Å². The summed E-state index contributed by atoms with van der Waals surface area (Å²) in [7, 11) is 1.94. The number of hydrogen-bond acceptors (Lipinski definition) is 4. The molecule has 0 aliphatic rings. The van der Waals surface area contributed by atoms with Gasteiger partial charge in [-0.2, -0.15) is 0 Å². The van der Waals surface area contributed by atoms with E-state index in [1.54, 1.807) is 41.4 Å². The maximum Gasteiger partial charge on any atom is 0.250 e. The van der Waals surface area contributed by atoms with E-state index in [-0.39, 0.29) is 11.4 Å². The highest BCUT2D eigenvalue weighted by Crippen LogP contribution is 2.16. The molecule has 0 fully saturated rings. The lowest BCUT2D eigenvalue weighted by atomic mass is 10.3. The summed E-state index contributed by atoms with van der Waals surface area (Å²) in [5, 5.41) is 0. The number of fused-ring (bicyclic) bond motifs is 1. The number of halogens is 1. The van der Waals surface area contributed by atoms with Crippen molar-refractivity contribution in [1.29, 1.82) is 0 Å². The molecule has 0 aliphatic heterocycles. The lowest BCUT2D eigenvalue weighted by Crippen LogP contribution is -2.17. The van der Waals surface area contributed by atoms with Crippen molar-refractivity contribution in [1.82, 2.24) is 24.1 Å². The Morgan fingerprint density at radius 3 is 2.18 bits per heavy atom. The minimum atomic E-state index is -0.262. The second-order valence-corrected chi connectivity index (χ2v) is 8.24. The van der Waals surface area contributed by atoms with Crippen molar-refractivity contribution in [3.63, 3.8) is 0 Å². The summed E-state index contributed by atoms with van der Waals surface area (Å²) in [6.45, 7) is 0.611. The van der Waals surface area contributed by atoms with Crippen LogP contribution in [-0.4, -0.2) is 24.1 Å². The van der Waals surface area contributed by atoms with Crippen LogP contribution in [0.1, 0.15) is 30.1 Å². The van der Waals surface area contributed by atoms with Gasteiger partial charge in [0.15, 0.2) is 0 Å². The van der Waals surface area contributed by atoms with Gasteiger partial charge in [0.2, 0.25) is 0 Å². The summed E-state index contributed by atoms with van der Waals surface area (Å²) in [5.74, 6) is 12.7. The molecule has 0 saturated carbocycles. The highest BCUT2D eigenvalue weighted by molar-refractivity contribution is 5.75. The Kier molecular flexibility index (Phi) is 9.15. The van der Waals surface area contributed by atoms with E-state index in [0.29, 0.717) is 24.9 Å². The predicted molar refractivity (Wildman–Crippen MR) is 147 cm³/mol. The molecule has 4 heterocycles. The summed E-state index contributed by atoms with van der Waals surface area (Å²) in [4.78, 5) is 24.1. The maximum absolute atomic E-state index is 13.2. The van der Waals surface area contributed by atoms with Crippen LogP contribution >= 0.6 is 0 Å². The first-order chi connectivity index (χ1) is 18.6. The molecule has 0 saturated heterocycles. The third kappa shape index (κ3) is 7.49. The fourth-order valence-corrected chi connectivity index (χ4v) is 3.62. The second kappa shape index (κ2) is 13.3. The van der Waals surface area contributed by atoms with E-state index < -0.39 is 0 Å². The molecule has 5 aromatic rings. The van der Waals surface area contributed by atoms with Gasteiger partial charge in [0.05, 0.1) is 11.0 Å². The second-order valence-electron chi connectivity index (χ2n) is 8.24. The Hall–Kier alpha value is -5.01. The fraction of sp³-hybridized carbons (Fsp3) is 0.161. The van der Waals surface area contributed by atoms with Crippen molar-refractivity contribution < 1.29 is 4.39 Å². The summed E-state index contributed by atoms with van der Waals surface area (Å²) in [6.07, 6.45) is 7.27. The van der Waals surface area contributed by atoms with E-state index in [9.17, 15) is 9.18 Å². The van der Waals surface area contributed by atoms with E-state index in [0.717, 1.165) is 29.1 Å². The minimum Gasteiger partial charge on any atom is -0.331 e. The summed E-state index contributed by atoms with van der Waals surface area (Å²) >= 11 is 0. The average molecular weight is 504 g/mol. The first kappa shape index (κ1) is 26.1. The van der Waals surface area contributed by atoms with Crippen molar-refractivity contribution in [3.8, 4) is 23.7 Å². The smallest absolute Gasteiger partial charge is 0.250 e. The van der Waals surface area contributed by atoms with E-state index in [2.05, 4.69) is 38.6 Å². The first-order valence-corrected chi connectivity index (χ1v) is 12.2. The quantitative estimate of drug-likeness (QED) is 0.331. The maximum atomic E-state index is 13.2. The van der Waals surface area contributed by atoms with Crippen LogP contribution in [0.5, 0.6) is 0 Å². The molecule has 1 aromatic carbocycles. The third-order valence-corrected chi connectivity index (χ3v) is 5.55. The normalized spacial score (nSPS) is 9.95. The van der Waals surface area contributed by atoms with Crippen LogP contribution in [0.4, 0.5) is 4.39 Å². The number of pyridine rings is 3. The van der Waals surface area contributed by atoms with Gasteiger partial charge in [-0.05, 0) is 54.3 Å². The van der Waals surface area contributed by atoms with Gasteiger partial charge in [0, 0.05) is 63.6 Å². The number of aromatic nitrogens is 5. The molecule has 0 N–H and O–H groups in total. The van der Waals surface area contributed by atoms with Crippen LogP contribution in [0.2, 0.25) is 0 Å². The van der Waals surface area contributed by atoms with E-state index in [4.69, 9.17) is 0 Å². The zero-order valence-corrected chi connectivity index (χ0v) is 21.0. The van der Waals surface area contributed by atoms with Gasteiger partial charge in [-0.1, -0.05) is 30.0 Å². The molecule has 0 aliphatic carbocycles. The standard InChI is InChI=1S/C17H14FN3.C14H12N2O/c1-21-16-10-9-13(18)12-15(16)20-17(21)8-3-2-6-14-7-4-5-11-19-14;17-14-9-3-6-12-16(14)11-5-2-8-13-7-1-4-10-15-13/h4-5,7,9-12H,3,8H2,1H3;1,3-4,6-7,9-10,12H,5,11H2. The highest BCUT2D eigenvalue weighted by Gasteiger charge is 2.07. The molecule has 5 rings (SSSR count). The molecule has 0 atom stereocenters. The van der Waals surface area contributed by atoms with E-state index >= 15 is 0 Å². The van der Waals surface area contributed by atoms with Crippen LogP contribution in [0, 0.1) is 29.5 Å². The van der Waals surface area contributed by atoms with Crippen LogP contribution in [-0.2, 0) is 20.0 Å². The number of rotatable bonds is 4. The van der Waals surface area contributed by atoms with E-state index in [1.165, 1.54) is 12.1 Å². The van der Waals surface area contributed by atoms with Gasteiger partial charge in [-0.25, -0.2) is 19.3 Å². The minimum absolute atomic E-state index is 0.00661. The van der Waals surface area contributed by atoms with E-state index in [1.807, 2.05) is 54.1 Å². The monoisotopic (exact) mass is 503 g/mol. The Morgan fingerprint density at radius 2 is 1.53 bits per heavy atom. The molecular weight excluding hydrogens is 477 g/mol. The molecule has 0 radical (unpaired) electrons. The van der Waals surface area contributed by atoms with Crippen molar-refractivity contribution in [2.45, 2.75) is 25.8 Å². The molecule has 4 aromatic heterocycles. The van der Waals surface area contributed by atoms with Crippen molar-refractivity contribution in [2.75, 3.05) is 0 Å². The third-order valence-electron chi connectivity index (χ3n) is 5.55. The molecule has 6 nitrogen and oxygen atoms in total. The van der Waals surface area contributed by atoms with Crippen LogP contribution in [0.25, 0.3) is 11.0 Å². The zero-order chi connectivity index (χ0) is 26.6. The lowest BCUT2D eigenvalue weighted by molar-refractivity contribution is 0.629. The predicted octanol–water partition coefficient (Wildman–Crippen LogP) is 4.78. The Bertz CT molecular complexity index is 1670. The zero-order valence-electron chi connectivity index (χ0n) is 21.0. The van der Waals surface area contributed by atoms with Gasteiger partial charge < -0.3 is 9.13 Å². The summed E-state index contributed by atoms with van der Waals surface area (Å²) in [5.41, 5.74) is 3.15. The molecule has 0 bridgehead atoms. The molecule has 38 heavy (non-hydrogen) atoms. The number of aryl methyl sites for hydroxylation is 3. The van der Waals surface area contributed by atoms with Gasteiger partial charge in [0.1, 0.15) is 23.0 Å². The molecule has 0 unspecified atom stereocenters. The van der Waals surface area contributed by atoms with Crippen LogP contribution in [0.15, 0.2) is 96.2 Å². The van der Waals surface area contributed by atoms with Gasteiger partial charge >= 0.3 is 0 Å². The van der Waals surface area contributed by atoms with Gasteiger partial charge in [0.25, 0.3) is 5.56 Å². The lowest BCUT2D eigenvalue weighted by Gasteiger charge is -1.99. The number of hydrogen-bond donors (Lipinski definition) is 0. The fourth-order valence-electron chi connectivity index (χ4n) is 3.62. The van der Waals surface area contributed by atoms with Crippen molar-refractivity contribution >= 4 is 11.0 Å². The average Bonchev–Trinajstić information content (AvgIpc) is 3.25. The van der Waals surface area contributed by atoms with Crippen LogP contribution < -0.4 is 5.56 Å². The Labute approximate surface area is 220 Å². The molecule has 0 spiro atoms. The number of imidazole rings is 1. The largest absolute Gasteiger partial charge is 0.331 e. The number of nitrogens with zero attached hydrogens (tertiary/aromatic N) is 5. The highest BCUT2D eigenvalue weighted by atomic mass is 19.1. The SMILES string of the molecule is Cn1c(CCC#Cc2ccccn2)nc2cc(F)ccc21.O=c1ccccn1CCC#Cc1ccccn1. The van der Waals surface area contributed by atoms with Crippen LogP contribution in [0.3, 0.4) is 0 Å². The first-order valence-electron chi connectivity index (χ1n) is 12.2.